The highest BCUT2D eigenvalue weighted by atomic mass is 79.9. The molecule has 0 spiro atoms. The number of aryl methyl sites for hydroxylation is 3. The first-order valence-corrected chi connectivity index (χ1v) is 6.56. The van der Waals surface area contributed by atoms with Crippen LogP contribution in [0.3, 0.4) is 0 Å². The van der Waals surface area contributed by atoms with Gasteiger partial charge in [0.1, 0.15) is 0 Å². The minimum Gasteiger partial charge on any atom is -0.394 e. The summed E-state index contributed by atoms with van der Waals surface area (Å²) >= 11 is 3.41. The Labute approximate surface area is 119 Å². The predicted molar refractivity (Wildman–Crippen MR) is 79.2 cm³/mol. The van der Waals surface area contributed by atoms with Crippen molar-refractivity contribution in [2.45, 2.75) is 13.8 Å². The number of nitrogen functional groups attached to an aromatic ring is 1. The summed E-state index contributed by atoms with van der Waals surface area (Å²) in [4.78, 5) is 12.2. The number of carbonyl (C=O) groups excluding carboxylic acids is 1. The Bertz CT molecular complexity index is 648. The van der Waals surface area contributed by atoms with Gasteiger partial charge in [-0.15, -0.1) is 0 Å². The number of anilines is 2. The maximum absolute atomic E-state index is 12.2. The molecule has 6 heteroatoms. The summed E-state index contributed by atoms with van der Waals surface area (Å²) in [7, 11) is 1.74. The number of nitrogens with two attached hydrogens (primary N) is 1. The zero-order chi connectivity index (χ0) is 14.2. The van der Waals surface area contributed by atoms with Crippen molar-refractivity contribution in [3.8, 4) is 0 Å². The molecule has 0 aliphatic rings. The second-order valence-electron chi connectivity index (χ2n) is 4.39. The third-order valence-electron chi connectivity index (χ3n) is 2.93. The van der Waals surface area contributed by atoms with E-state index in [1.165, 1.54) is 0 Å². The van der Waals surface area contributed by atoms with Gasteiger partial charge in [-0.3, -0.25) is 9.48 Å². The molecular weight excluding hydrogens is 308 g/mol. The number of halogens is 1. The summed E-state index contributed by atoms with van der Waals surface area (Å²) in [5.74, 6) is 0.301. The molecule has 3 N–H and O–H groups in total. The Hall–Kier alpha value is -1.82. The van der Waals surface area contributed by atoms with Crippen LogP contribution < -0.4 is 11.1 Å². The Morgan fingerprint density at radius 1 is 1.42 bits per heavy atom. The van der Waals surface area contributed by atoms with Crippen LogP contribution in [0.25, 0.3) is 0 Å². The molecule has 1 amide bonds. The first kappa shape index (κ1) is 13.6. The van der Waals surface area contributed by atoms with Crippen molar-refractivity contribution in [2.75, 3.05) is 11.1 Å². The lowest BCUT2D eigenvalue weighted by molar-refractivity contribution is 0.102. The number of carbonyl (C=O) groups is 1. The highest BCUT2D eigenvalue weighted by Gasteiger charge is 2.14. The van der Waals surface area contributed by atoms with Gasteiger partial charge in [-0.2, -0.15) is 5.10 Å². The van der Waals surface area contributed by atoms with Crippen LogP contribution in [0.15, 0.2) is 22.7 Å². The van der Waals surface area contributed by atoms with Gasteiger partial charge in [0.25, 0.3) is 5.91 Å². The monoisotopic (exact) mass is 322 g/mol. The standard InChI is InChI=1S/C13H15BrN4O/c1-7-4-5-9(6-10(7)14)13(19)16-12-11(15)8(2)17-18(12)3/h4-6H,15H2,1-3H3,(H,16,19). The summed E-state index contributed by atoms with van der Waals surface area (Å²) in [6, 6.07) is 5.44. The van der Waals surface area contributed by atoms with E-state index in [9.17, 15) is 4.79 Å². The largest absolute Gasteiger partial charge is 0.394 e. The fraction of sp³-hybridized carbons (Fsp3) is 0.231. The lowest BCUT2D eigenvalue weighted by Gasteiger charge is -2.07. The van der Waals surface area contributed by atoms with Gasteiger partial charge in [0.15, 0.2) is 5.82 Å². The van der Waals surface area contributed by atoms with Crippen LogP contribution in [0.1, 0.15) is 21.6 Å². The van der Waals surface area contributed by atoms with Gasteiger partial charge in [0.2, 0.25) is 0 Å². The normalized spacial score (nSPS) is 10.5. The molecule has 100 valence electrons. The molecule has 0 aliphatic heterocycles. The quantitative estimate of drug-likeness (QED) is 0.892. The van der Waals surface area contributed by atoms with Gasteiger partial charge in [0, 0.05) is 17.1 Å². The minimum atomic E-state index is -0.213. The van der Waals surface area contributed by atoms with Gasteiger partial charge in [-0.25, -0.2) is 0 Å². The number of hydrogen-bond donors (Lipinski definition) is 2. The molecule has 1 aromatic carbocycles. The average Bonchev–Trinajstić information content (AvgIpc) is 2.59. The SMILES string of the molecule is Cc1ccc(C(=O)Nc2c(N)c(C)nn2C)cc1Br. The van der Waals surface area contributed by atoms with E-state index in [2.05, 4.69) is 26.3 Å². The molecule has 5 nitrogen and oxygen atoms in total. The maximum atomic E-state index is 12.2. The molecule has 19 heavy (non-hydrogen) atoms. The summed E-state index contributed by atoms with van der Waals surface area (Å²) in [5.41, 5.74) is 8.70. The summed E-state index contributed by atoms with van der Waals surface area (Å²) in [5, 5.41) is 6.93. The lowest BCUT2D eigenvalue weighted by Crippen LogP contribution is -2.15. The molecule has 2 aromatic rings. The van der Waals surface area contributed by atoms with Crippen molar-refractivity contribution >= 4 is 33.3 Å². The van der Waals surface area contributed by atoms with E-state index >= 15 is 0 Å². The van der Waals surface area contributed by atoms with Crippen molar-refractivity contribution in [3.63, 3.8) is 0 Å². The van der Waals surface area contributed by atoms with Gasteiger partial charge in [-0.1, -0.05) is 22.0 Å². The van der Waals surface area contributed by atoms with Crippen molar-refractivity contribution < 1.29 is 4.79 Å². The molecule has 2 rings (SSSR count). The highest BCUT2D eigenvalue weighted by molar-refractivity contribution is 9.10. The second kappa shape index (κ2) is 5.05. The first-order chi connectivity index (χ1) is 8.90. The van der Waals surface area contributed by atoms with Crippen LogP contribution in [0.2, 0.25) is 0 Å². The molecule has 0 saturated heterocycles. The molecule has 0 unspecified atom stereocenters. The van der Waals surface area contributed by atoms with E-state index < -0.39 is 0 Å². The number of rotatable bonds is 2. The number of amides is 1. The van der Waals surface area contributed by atoms with Crippen LogP contribution in [-0.4, -0.2) is 15.7 Å². The Morgan fingerprint density at radius 3 is 2.63 bits per heavy atom. The van der Waals surface area contributed by atoms with Crippen LogP contribution in [-0.2, 0) is 7.05 Å². The zero-order valence-electron chi connectivity index (χ0n) is 11.0. The van der Waals surface area contributed by atoms with Crippen LogP contribution >= 0.6 is 15.9 Å². The highest BCUT2D eigenvalue weighted by Crippen LogP contribution is 2.23. The van der Waals surface area contributed by atoms with Crippen molar-refractivity contribution in [1.29, 1.82) is 0 Å². The number of benzene rings is 1. The van der Waals surface area contributed by atoms with Crippen molar-refractivity contribution in [1.82, 2.24) is 9.78 Å². The van der Waals surface area contributed by atoms with E-state index in [1.807, 2.05) is 13.0 Å². The van der Waals surface area contributed by atoms with E-state index in [0.717, 1.165) is 10.0 Å². The number of hydrogen-bond acceptors (Lipinski definition) is 3. The van der Waals surface area contributed by atoms with Crippen molar-refractivity contribution in [3.05, 3.63) is 39.5 Å². The Balaban J connectivity index is 2.28. The molecule has 1 aromatic heterocycles. The molecule has 1 heterocycles. The summed E-state index contributed by atoms with van der Waals surface area (Å²) < 4.78 is 2.46. The van der Waals surface area contributed by atoms with Gasteiger partial charge >= 0.3 is 0 Å². The molecule has 0 atom stereocenters. The molecule has 0 aliphatic carbocycles. The summed E-state index contributed by atoms with van der Waals surface area (Å²) in [6.07, 6.45) is 0. The molecule has 0 saturated carbocycles. The minimum absolute atomic E-state index is 0.213. The molecule has 0 radical (unpaired) electrons. The molecule has 0 bridgehead atoms. The number of aromatic nitrogens is 2. The van der Waals surface area contributed by atoms with Gasteiger partial charge in [-0.05, 0) is 31.5 Å². The Kier molecular flexibility index (Phi) is 3.61. The average molecular weight is 323 g/mol. The van der Waals surface area contributed by atoms with E-state index in [-0.39, 0.29) is 5.91 Å². The predicted octanol–water partition coefficient (Wildman–Crippen LogP) is 2.63. The molecular formula is C13H15BrN4O. The van der Waals surface area contributed by atoms with Crippen molar-refractivity contribution in [2.24, 2.45) is 7.05 Å². The van der Waals surface area contributed by atoms with Crippen LogP contribution in [0.5, 0.6) is 0 Å². The van der Waals surface area contributed by atoms with E-state index in [0.29, 0.717) is 22.8 Å². The van der Waals surface area contributed by atoms with Gasteiger partial charge < -0.3 is 11.1 Å². The lowest BCUT2D eigenvalue weighted by atomic mass is 10.1. The van der Waals surface area contributed by atoms with E-state index in [4.69, 9.17) is 5.73 Å². The smallest absolute Gasteiger partial charge is 0.256 e. The number of nitrogens with one attached hydrogen (secondary N) is 1. The number of nitrogens with zero attached hydrogens (tertiary/aromatic N) is 2. The fourth-order valence-corrected chi connectivity index (χ4v) is 2.12. The summed E-state index contributed by atoms with van der Waals surface area (Å²) in [6.45, 7) is 3.77. The Morgan fingerprint density at radius 2 is 2.11 bits per heavy atom. The maximum Gasteiger partial charge on any atom is 0.256 e. The van der Waals surface area contributed by atoms with Crippen LogP contribution in [0.4, 0.5) is 11.5 Å². The fourth-order valence-electron chi connectivity index (χ4n) is 1.74. The topological polar surface area (TPSA) is 72.9 Å². The van der Waals surface area contributed by atoms with E-state index in [1.54, 1.807) is 30.8 Å². The third kappa shape index (κ3) is 2.63. The zero-order valence-corrected chi connectivity index (χ0v) is 12.6. The second-order valence-corrected chi connectivity index (χ2v) is 5.24. The molecule has 0 fully saturated rings. The van der Waals surface area contributed by atoms with Gasteiger partial charge in [0.05, 0.1) is 11.4 Å². The third-order valence-corrected chi connectivity index (χ3v) is 3.79. The van der Waals surface area contributed by atoms with Crippen LogP contribution in [0, 0.1) is 13.8 Å². The first-order valence-electron chi connectivity index (χ1n) is 5.76.